The van der Waals surface area contributed by atoms with Crippen molar-refractivity contribution in [1.29, 1.82) is 0 Å². The first-order chi connectivity index (χ1) is 25.6. The third-order valence-electron chi connectivity index (χ3n) is 8.97. The quantitative estimate of drug-likeness (QED) is 0.210. The minimum Gasteiger partial charge on any atom is -0.444 e. The lowest BCUT2D eigenvalue weighted by atomic mass is 9.80. The maximum Gasteiger partial charge on any atom is 0.416 e. The van der Waals surface area contributed by atoms with Crippen molar-refractivity contribution in [2.45, 2.75) is 58.0 Å². The molecule has 3 aromatic carbocycles. The highest BCUT2D eigenvalue weighted by atomic mass is 19.4. The molecule has 4 aromatic rings. The van der Waals surface area contributed by atoms with E-state index in [4.69, 9.17) is 9.84 Å². The summed E-state index contributed by atoms with van der Waals surface area (Å²) in [7, 11) is 0. The Bertz CT molecular complexity index is 2110. The van der Waals surface area contributed by atoms with Crippen molar-refractivity contribution in [2.75, 3.05) is 24.5 Å². The Labute approximate surface area is 308 Å². The van der Waals surface area contributed by atoms with Gasteiger partial charge in [-0.05, 0) is 75.7 Å². The topological polar surface area (TPSA) is 126 Å². The number of nitrogens with zero attached hydrogens (tertiary/aromatic N) is 4. The second-order valence-electron chi connectivity index (χ2n) is 13.8. The number of alkyl halides is 3. The Morgan fingerprint density at radius 1 is 0.944 bits per heavy atom. The van der Waals surface area contributed by atoms with Crippen LogP contribution in [0.2, 0.25) is 0 Å². The van der Waals surface area contributed by atoms with Crippen LogP contribution in [0, 0.1) is 5.82 Å². The number of halogens is 4. The Hall–Kier alpha value is -5.99. The molecule has 2 atom stereocenters. The van der Waals surface area contributed by atoms with Gasteiger partial charge in [-0.15, -0.1) is 0 Å². The molecule has 4 amide bonds. The van der Waals surface area contributed by atoms with Crippen LogP contribution in [-0.4, -0.2) is 69.8 Å². The van der Waals surface area contributed by atoms with Crippen LogP contribution in [0.4, 0.5) is 28.2 Å². The zero-order valence-electron chi connectivity index (χ0n) is 29.9. The summed E-state index contributed by atoms with van der Waals surface area (Å²) >= 11 is 0. The summed E-state index contributed by atoms with van der Waals surface area (Å²) in [5.74, 6) is -3.23. The SMILES string of the molecule is CCN1C(=O)[C@@H](NC(=O)c2cccc(C(F)(F)F)c2)[C@@H](c2ccc(F)cc2)c2c(CNC(=O)C3=CCN(C(=O)OC(C)(C)C)C3)nn(-c3ccccc3)c21. The number of likely N-dealkylation sites (N-methyl/N-ethyl adjacent to an activating group) is 1. The van der Waals surface area contributed by atoms with Gasteiger partial charge >= 0.3 is 12.3 Å². The molecule has 0 unspecified atom stereocenters. The summed E-state index contributed by atoms with van der Waals surface area (Å²) in [6, 6.07) is 16.7. The summed E-state index contributed by atoms with van der Waals surface area (Å²) in [4.78, 5) is 57.1. The van der Waals surface area contributed by atoms with E-state index in [1.54, 1.807) is 68.8 Å². The maximum absolute atomic E-state index is 14.5. The van der Waals surface area contributed by atoms with Gasteiger partial charge in [-0.2, -0.15) is 18.3 Å². The lowest BCUT2D eigenvalue weighted by molar-refractivity contribution is -0.137. The minimum absolute atomic E-state index is 0.0112. The molecule has 0 bridgehead atoms. The number of hydrogen-bond acceptors (Lipinski definition) is 6. The van der Waals surface area contributed by atoms with Gasteiger partial charge in [0, 0.05) is 35.7 Å². The highest BCUT2D eigenvalue weighted by Gasteiger charge is 2.46. The number of carbonyl (C=O) groups is 4. The third kappa shape index (κ3) is 7.84. The Morgan fingerprint density at radius 3 is 2.30 bits per heavy atom. The van der Waals surface area contributed by atoms with E-state index in [0.29, 0.717) is 40.0 Å². The molecule has 15 heteroatoms. The minimum atomic E-state index is -4.71. The van der Waals surface area contributed by atoms with Gasteiger partial charge in [-0.1, -0.05) is 42.5 Å². The van der Waals surface area contributed by atoms with Gasteiger partial charge in [0.05, 0.1) is 30.0 Å². The van der Waals surface area contributed by atoms with Crippen molar-refractivity contribution in [3.8, 4) is 5.69 Å². The van der Waals surface area contributed by atoms with E-state index < -0.39 is 58.9 Å². The lowest BCUT2D eigenvalue weighted by Gasteiger charge is -2.38. The number of benzene rings is 3. The van der Waals surface area contributed by atoms with Crippen molar-refractivity contribution in [3.05, 3.63) is 124 Å². The largest absolute Gasteiger partial charge is 0.444 e. The molecule has 54 heavy (non-hydrogen) atoms. The van der Waals surface area contributed by atoms with Crippen molar-refractivity contribution >= 4 is 29.6 Å². The molecule has 0 aliphatic carbocycles. The van der Waals surface area contributed by atoms with Gasteiger partial charge in [0.1, 0.15) is 23.3 Å². The molecule has 0 radical (unpaired) electrons. The van der Waals surface area contributed by atoms with E-state index in [-0.39, 0.29) is 31.7 Å². The average molecular weight is 747 g/mol. The zero-order valence-corrected chi connectivity index (χ0v) is 29.9. The van der Waals surface area contributed by atoms with Gasteiger partial charge in [0.25, 0.3) is 11.8 Å². The maximum atomic E-state index is 14.5. The summed E-state index contributed by atoms with van der Waals surface area (Å²) < 4.78 is 62.0. The predicted molar refractivity (Wildman–Crippen MR) is 190 cm³/mol. The summed E-state index contributed by atoms with van der Waals surface area (Å²) in [5.41, 5.74) is -0.0350. The molecule has 2 aliphatic heterocycles. The van der Waals surface area contributed by atoms with Crippen LogP contribution < -0.4 is 15.5 Å². The summed E-state index contributed by atoms with van der Waals surface area (Å²) in [5, 5.41) is 10.4. The monoisotopic (exact) mass is 746 g/mol. The van der Waals surface area contributed by atoms with Gasteiger partial charge in [0.2, 0.25) is 5.91 Å². The average Bonchev–Trinajstić information content (AvgIpc) is 3.77. The first-order valence-corrected chi connectivity index (χ1v) is 17.2. The molecule has 1 aromatic heterocycles. The molecular weight excluding hydrogens is 708 g/mol. The van der Waals surface area contributed by atoms with E-state index in [0.717, 1.165) is 12.1 Å². The number of para-hydroxylation sites is 1. The molecule has 6 rings (SSSR count). The fraction of sp³-hybridized carbons (Fsp3) is 0.308. The van der Waals surface area contributed by atoms with Gasteiger partial charge < -0.3 is 15.4 Å². The number of carbonyl (C=O) groups excluding carboxylic acids is 4. The molecular formula is C39H38F4N6O5. The number of anilines is 1. The van der Waals surface area contributed by atoms with Crippen molar-refractivity contribution in [3.63, 3.8) is 0 Å². The van der Waals surface area contributed by atoms with Crippen molar-refractivity contribution in [2.24, 2.45) is 0 Å². The predicted octanol–water partition coefficient (Wildman–Crippen LogP) is 6.12. The van der Waals surface area contributed by atoms with Crippen LogP contribution in [0.15, 0.2) is 90.5 Å². The number of hydrogen-bond donors (Lipinski definition) is 2. The molecule has 3 heterocycles. The molecule has 2 aliphatic rings. The molecule has 0 saturated carbocycles. The normalized spacial score (nSPS) is 17.2. The number of amides is 4. The van der Waals surface area contributed by atoms with Gasteiger partial charge in [-0.3, -0.25) is 24.2 Å². The lowest BCUT2D eigenvalue weighted by Crippen LogP contribution is -2.55. The van der Waals surface area contributed by atoms with Crippen LogP contribution in [0.3, 0.4) is 0 Å². The van der Waals surface area contributed by atoms with Gasteiger partial charge in [0.15, 0.2) is 0 Å². The molecule has 0 spiro atoms. The van der Waals surface area contributed by atoms with Crippen LogP contribution in [0.25, 0.3) is 5.69 Å². The smallest absolute Gasteiger partial charge is 0.416 e. The molecule has 2 N–H and O–H groups in total. The van der Waals surface area contributed by atoms with Crippen molar-refractivity contribution in [1.82, 2.24) is 25.3 Å². The molecule has 0 saturated heterocycles. The first kappa shape index (κ1) is 37.8. The molecule has 282 valence electrons. The third-order valence-corrected chi connectivity index (χ3v) is 8.97. The Morgan fingerprint density at radius 2 is 1.65 bits per heavy atom. The van der Waals surface area contributed by atoms with E-state index in [1.165, 1.54) is 40.1 Å². The number of fused-ring (bicyclic) bond motifs is 1. The second-order valence-corrected chi connectivity index (χ2v) is 13.8. The zero-order chi connectivity index (χ0) is 38.9. The van der Waals surface area contributed by atoms with Crippen LogP contribution in [0.5, 0.6) is 0 Å². The molecule has 11 nitrogen and oxygen atoms in total. The van der Waals surface area contributed by atoms with Crippen LogP contribution in [-0.2, 0) is 27.0 Å². The van der Waals surface area contributed by atoms with E-state index in [9.17, 15) is 36.7 Å². The first-order valence-electron chi connectivity index (χ1n) is 17.2. The molecule has 0 fully saturated rings. The van der Waals surface area contributed by atoms with E-state index >= 15 is 0 Å². The van der Waals surface area contributed by atoms with E-state index in [2.05, 4.69) is 10.6 Å². The highest BCUT2D eigenvalue weighted by Crippen LogP contribution is 2.44. The number of ether oxygens (including phenoxy) is 1. The van der Waals surface area contributed by atoms with Crippen LogP contribution in [0.1, 0.15) is 66.4 Å². The van der Waals surface area contributed by atoms with Gasteiger partial charge in [-0.25, -0.2) is 13.9 Å². The summed E-state index contributed by atoms with van der Waals surface area (Å²) in [6.07, 6.45) is -3.66. The number of aromatic nitrogens is 2. The highest BCUT2D eigenvalue weighted by molar-refractivity contribution is 6.05. The number of nitrogens with one attached hydrogen (secondary N) is 2. The number of rotatable bonds is 8. The van der Waals surface area contributed by atoms with Crippen LogP contribution >= 0.6 is 0 Å². The Kier molecular flexibility index (Phi) is 10.3. The Balaban J connectivity index is 1.41. The second kappa shape index (κ2) is 14.8. The standard InChI is InChI=1S/C39H38F4N6O5/c1-5-48-35-31(30(23-14-16-27(40)17-15-23)32(36(48)52)45-34(51)24-10-9-11-26(20-24)39(41,42)43)29(46-49(35)28-12-7-6-8-13-28)21-44-33(50)25-18-19-47(22-25)37(53)54-38(2,3)4/h6-18,20,30,32H,5,19,21-22H2,1-4H3,(H,44,50)(H,45,51)/t30-,32-/m0/s1. The fourth-order valence-corrected chi connectivity index (χ4v) is 6.51. The van der Waals surface area contributed by atoms with E-state index in [1.807, 2.05) is 0 Å². The fourth-order valence-electron chi connectivity index (χ4n) is 6.51. The summed E-state index contributed by atoms with van der Waals surface area (Å²) in [6.45, 7) is 7.07. The van der Waals surface area contributed by atoms with Crippen molar-refractivity contribution < 1.29 is 41.5 Å².